The van der Waals surface area contributed by atoms with Crippen molar-refractivity contribution in [3.05, 3.63) is 231 Å². The molecule has 0 spiro atoms. The molecule has 15 heterocycles. The fourth-order valence-corrected chi connectivity index (χ4v) is 19.5. The Morgan fingerprint density at radius 2 is 0.623 bits per heavy atom. The van der Waals surface area contributed by atoms with E-state index in [-0.39, 0.29) is 76.6 Å². The molecule has 10 aromatic heterocycles. The van der Waals surface area contributed by atoms with Crippen molar-refractivity contribution in [2.45, 2.75) is 157 Å². The zero-order valence-corrected chi connectivity index (χ0v) is 88.7. The third kappa shape index (κ3) is 24.7. The number of carbonyl (C=O) groups excluding carboxylic acids is 5. The van der Waals surface area contributed by atoms with Crippen LogP contribution in [-0.2, 0) is 23.3 Å². The topological polar surface area (TPSA) is 384 Å². The van der Waals surface area contributed by atoms with E-state index in [1.807, 2.05) is 138 Å². The van der Waals surface area contributed by atoms with Gasteiger partial charge in [0.1, 0.15) is 34.8 Å². The average molecular weight is 2060 g/mol. The molecule has 5 saturated heterocycles. The van der Waals surface area contributed by atoms with Gasteiger partial charge in [-0.3, -0.25) is 26.6 Å². The van der Waals surface area contributed by atoms with E-state index in [2.05, 4.69) is 265 Å². The summed E-state index contributed by atoms with van der Waals surface area (Å²) in [7, 11) is 3.53. The molecule has 5 aromatic carbocycles. The summed E-state index contributed by atoms with van der Waals surface area (Å²) >= 11 is 24.8. The van der Waals surface area contributed by atoms with Gasteiger partial charge in [0.15, 0.2) is 0 Å². The first-order valence-corrected chi connectivity index (χ1v) is 50.6. The Balaban J connectivity index is 0.000000131. The van der Waals surface area contributed by atoms with Crippen molar-refractivity contribution in [3.8, 4) is 5.75 Å². The fraction of sp³-hybridized carbons (Fsp3) is 0.387. The summed E-state index contributed by atoms with van der Waals surface area (Å²) in [6.45, 7) is 43.9. The summed E-state index contributed by atoms with van der Waals surface area (Å²) in [6, 6.07) is 47.8. The normalized spacial score (nSPS) is 17.3. The van der Waals surface area contributed by atoms with Crippen molar-refractivity contribution in [2.75, 3.05) is 156 Å². The molecule has 15 aromatic rings. The van der Waals surface area contributed by atoms with Crippen LogP contribution in [0.4, 0.5) is 82.8 Å². The first kappa shape index (κ1) is 104. The quantitative estimate of drug-likeness (QED) is 0.0581. The van der Waals surface area contributed by atoms with Gasteiger partial charge in [-0.2, -0.15) is 0 Å². The molecule has 5 aliphatic rings. The number of urea groups is 5. The van der Waals surface area contributed by atoms with Gasteiger partial charge in [0.05, 0.1) is 77.3 Å². The molecule has 5 aliphatic heterocycles. The van der Waals surface area contributed by atoms with Crippen LogP contribution in [0.1, 0.15) is 125 Å². The monoisotopic (exact) mass is 2060 g/mol. The van der Waals surface area contributed by atoms with Crippen molar-refractivity contribution in [2.24, 2.45) is 7.05 Å². The van der Waals surface area contributed by atoms with E-state index in [9.17, 15) is 24.0 Å². The molecular weight excluding hydrogens is 1930 g/mol. The van der Waals surface area contributed by atoms with E-state index in [1.165, 1.54) is 16.7 Å². The lowest BCUT2D eigenvalue weighted by Crippen LogP contribution is -2.55. The number of aryl methyl sites for hydroxylation is 3. The Bertz CT molecular complexity index is 7040. The van der Waals surface area contributed by atoms with Crippen molar-refractivity contribution in [1.29, 1.82) is 0 Å². The lowest BCUT2D eigenvalue weighted by molar-refractivity contribution is 0.183. The lowest BCUT2D eigenvalue weighted by atomic mass is 9.87. The lowest BCUT2D eigenvalue weighted by Gasteiger charge is -2.40. The zero-order chi connectivity index (χ0) is 104. The standard InChI is InChI=1S/C23H29ClN6O.2C23H30N6O.C19H21ClN6O2.C18H18Cl2N6O/c1-15-14-29(20-17(24)7-6-10-25-20)11-12-30(15)22(31)27-21-26-18-13-16(23(2,3)4)8-9-19(18)28(21)5;2*1-15-7-6-10-24-20(15)28-11-12-29(16(2)14-28)22(30)27-21-25-18-9-8-17(23(3,4)5)13-19(18)26-21;1-12-11-25(17-14(20)4-3-7-21-17)8-9-26(12)19(27)24-18-22-15-6-5-13(28-2)10-16(15)23-18;1-11-10-25(16-13(20)3-2-6-21-16)7-8-26(11)18(27)24-17-22-14-5-4-12(19)9-15(14)23-17/h6-10,13,15H,11-12,14H2,1-5H3,(H,26,27,31);2*6-10,13,16H,11-12,14H2,1-5H3,(H2,25,26,27,30);3-7,10,12H,8-9,11H2,1-2H3,(H2,22,23,24,27);2-6,9,11H,7-8,10H2,1H3,(H2,22,23,24,27)/t15-;2*16-;12-;11-/m11111/s1. The number of ether oxygens (including phenoxy) is 1. The Kier molecular flexibility index (Phi) is 31.9. The van der Waals surface area contributed by atoms with E-state index in [4.69, 9.17) is 51.1 Å². The number of nitrogens with zero attached hydrogens (tertiary/aromatic N) is 21. The number of hydrogen-bond acceptors (Lipinski definition) is 21. The van der Waals surface area contributed by atoms with Crippen LogP contribution in [-0.4, -0.2) is 264 Å². The maximum atomic E-state index is 13.0. The summed E-state index contributed by atoms with van der Waals surface area (Å²) in [5.41, 5.74) is 14.7. The molecule has 5 fully saturated rings. The number of fused-ring (bicyclic) bond motifs is 5. The summed E-state index contributed by atoms with van der Waals surface area (Å²) in [5.74, 6) is 7.32. The van der Waals surface area contributed by atoms with E-state index in [1.54, 1.807) is 53.7 Å². The van der Waals surface area contributed by atoms with Gasteiger partial charge < -0.3 is 78.2 Å². The molecule has 5 atom stereocenters. The highest BCUT2D eigenvalue weighted by atomic mass is 35.5. The third-order valence-corrected chi connectivity index (χ3v) is 27.9. The Hall–Kier alpha value is -14.5. The number of methoxy groups -OCH3 is 1. The van der Waals surface area contributed by atoms with Gasteiger partial charge in [-0.1, -0.05) is 139 Å². The number of rotatable bonds is 11. The van der Waals surface area contributed by atoms with Gasteiger partial charge in [-0.15, -0.1) is 0 Å². The number of carbonyl (C=O) groups is 5. The highest BCUT2D eigenvalue weighted by Gasteiger charge is 2.37. The molecule has 0 radical (unpaired) electrons. The number of hydrogen-bond donors (Lipinski definition) is 9. The number of nitrogens with one attached hydrogen (secondary N) is 9. The molecule has 0 aliphatic carbocycles. The highest BCUT2D eigenvalue weighted by molar-refractivity contribution is 6.34. The first-order valence-electron chi connectivity index (χ1n) is 49.1. The van der Waals surface area contributed by atoms with Crippen LogP contribution in [0.5, 0.6) is 5.75 Å². The average Bonchev–Trinajstić information content (AvgIpc) is 1.63. The van der Waals surface area contributed by atoms with Crippen molar-refractivity contribution in [1.82, 2.24) is 98.8 Å². The maximum absolute atomic E-state index is 13.0. The van der Waals surface area contributed by atoms with Crippen LogP contribution < -0.4 is 55.8 Å². The van der Waals surface area contributed by atoms with Crippen LogP contribution in [0.15, 0.2) is 183 Å². The van der Waals surface area contributed by atoms with E-state index in [0.717, 1.165) is 127 Å². The predicted molar refractivity (Wildman–Crippen MR) is 585 cm³/mol. The van der Waals surface area contributed by atoms with Crippen molar-refractivity contribution in [3.63, 3.8) is 0 Å². The number of anilines is 10. The van der Waals surface area contributed by atoms with Crippen molar-refractivity contribution >= 4 is 191 Å². The molecule has 10 amide bonds. The number of halogens is 4. The van der Waals surface area contributed by atoms with Gasteiger partial charge in [0, 0.05) is 178 Å². The number of imidazole rings is 5. The molecule has 0 saturated carbocycles. The first-order chi connectivity index (χ1) is 69.6. The molecule has 146 heavy (non-hydrogen) atoms. The highest BCUT2D eigenvalue weighted by Crippen LogP contribution is 2.36. The van der Waals surface area contributed by atoms with Crippen LogP contribution >= 0.6 is 46.4 Å². The predicted octanol–water partition coefficient (Wildman–Crippen LogP) is 20.6. The molecule has 9 N–H and O–H groups in total. The molecule has 40 heteroatoms. The Labute approximate surface area is 869 Å². The van der Waals surface area contributed by atoms with Crippen LogP contribution in [0.2, 0.25) is 20.1 Å². The summed E-state index contributed by atoms with van der Waals surface area (Å²) in [4.78, 5) is 142. The molecule has 0 unspecified atom stereocenters. The molecular formula is C106H128Cl4N30O6. The van der Waals surface area contributed by atoms with Gasteiger partial charge in [-0.25, -0.2) is 73.8 Å². The number of H-pyrrole nitrogens is 4. The van der Waals surface area contributed by atoms with E-state index >= 15 is 0 Å². The summed E-state index contributed by atoms with van der Waals surface area (Å²) in [5, 5.41) is 17.0. The third-order valence-electron chi connectivity index (χ3n) is 26.8. The molecule has 0 bridgehead atoms. The van der Waals surface area contributed by atoms with Crippen LogP contribution in [0.25, 0.3) is 55.2 Å². The van der Waals surface area contributed by atoms with Gasteiger partial charge in [0.25, 0.3) is 0 Å². The number of amides is 10. The Morgan fingerprint density at radius 1 is 0.336 bits per heavy atom. The second kappa shape index (κ2) is 44.6. The number of piperazine rings is 5. The largest absolute Gasteiger partial charge is 0.497 e. The number of aromatic nitrogens is 15. The minimum atomic E-state index is -0.195. The zero-order valence-electron chi connectivity index (χ0n) is 85.7. The van der Waals surface area contributed by atoms with Gasteiger partial charge in [-0.05, 0) is 208 Å². The number of pyridine rings is 5. The van der Waals surface area contributed by atoms with Crippen LogP contribution in [0, 0.1) is 13.8 Å². The van der Waals surface area contributed by atoms with Gasteiger partial charge >= 0.3 is 30.2 Å². The Morgan fingerprint density at radius 3 is 0.945 bits per heavy atom. The van der Waals surface area contributed by atoms with E-state index < -0.39 is 0 Å². The van der Waals surface area contributed by atoms with Crippen LogP contribution in [0.3, 0.4) is 0 Å². The molecule has 20 rings (SSSR count). The number of aromatic amines is 4. The second-order valence-corrected chi connectivity index (χ2v) is 42.3. The summed E-state index contributed by atoms with van der Waals surface area (Å²) in [6.07, 6.45) is 8.82. The minimum Gasteiger partial charge on any atom is -0.497 e. The fourth-order valence-electron chi connectivity index (χ4n) is 18.6. The number of benzene rings is 5. The summed E-state index contributed by atoms with van der Waals surface area (Å²) < 4.78 is 7.14. The molecule has 766 valence electrons. The van der Waals surface area contributed by atoms with Gasteiger partial charge in [0.2, 0.25) is 29.7 Å². The van der Waals surface area contributed by atoms with Crippen molar-refractivity contribution < 1.29 is 28.7 Å². The smallest absolute Gasteiger partial charge is 0.324 e. The van der Waals surface area contributed by atoms with E-state index in [0.29, 0.717) is 122 Å². The molecule has 36 nitrogen and oxygen atoms in total. The maximum Gasteiger partial charge on any atom is 0.324 e. The second-order valence-electron chi connectivity index (χ2n) is 40.6. The minimum absolute atomic E-state index is 0.00343. The SMILES string of the molecule is COc1ccc2nc(NC(=O)N3CCN(c4ncccc4Cl)C[C@H]3C)[nH]c2c1.C[C@@H]1CN(c2ncccc2Cl)CCN1C(=O)Nc1nc2cc(C(C)(C)C)ccc2n1C.C[C@@H]1CN(c2ncccc2Cl)CCN1C(=O)Nc1nc2ccc(Cl)cc2[nH]1.Cc1cccnc1N1CCN(C(=O)Nc2nc3ccc(C(C)(C)C)cc3[nH]2)[C@H](C)C1.Cc1cccnc1N1CCN(C(=O)Nc2nc3ccc(C(C)(C)C)cc3[nH]2)[C@H](C)C1.